The molecular weight excluding hydrogens is 251 g/mol. The Kier molecular flexibility index (Phi) is 4.74. The number of carbonyl (C=O) groups is 1. The number of carboxylic acids is 1. The highest BCUT2D eigenvalue weighted by Gasteiger charge is 2.30. The first-order chi connectivity index (χ1) is 9.18. The third kappa shape index (κ3) is 3.67. The largest absolute Gasteiger partial charge is 0.490 e. The number of para-hydroxylation sites is 1. The van der Waals surface area contributed by atoms with Crippen LogP contribution in [0.2, 0.25) is 0 Å². The highest BCUT2D eigenvalue weighted by molar-refractivity contribution is 5.70. The number of carboxylic acid groups (broad SMARTS) is 1. The van der Waals surface area contributed by atoms with Crippen LogP contribution in [0.25, 0.3) is 0 Å². The Morgan fingerprint density at radius 2 is 2.11 bits per heavy atom. The molecule has 0 spiro atoms. The van der Waals surface area contributed by atoms with Crippen molar-refractivity contribution in [2.75, 3.05) is 19.8 Å². The van der Waals surface area contributed by atoms with Gasteiger partial charge in [-0.25, -0.2) is 4.39 Å². The van der Waals surface area contributed by atoms with E-state index in [1.165, 1.54) is 12.1 Å². The van der Waals surface area contributed by atoms with Crippen LogP contribution in [0.3, 0.4) is 0 Å². The molecule has 104 valence electrons. The molecule has 1 aromatic carbocycles. The van der Waals surface area contributed by atoms with E-state index < -0.39 is 17.7 Å². The quantitative estimate of drug-likeness (QED) is 0.890. The second-order valence-electron chi connectivity index (χ2n) is 4.64. The van der Waals surface area contributed by atoms with Gasteiger partial charge in [0.1, 0.15) is 6.61 Å². The molecule has 1 heterocycles. The SMILES string of the molecule is O=C(O)C(COc1ccccc1F)C1CCOCC1. The fourth-order valence-corrected chi connectivity index (χ4v) is 2.27. The van der Waals surface area contributed by atoms with Crippen LogP contribution in [0.4, 0.5) is 4.39 Å². The van der Waals surface area contributed by atoms with Gasteiger partial charge in [-0.3, -0.25) is 4.79 Å². The summed E-state index contributed by atoms with van der Waals surface area (Å²) in [5.74, 6) is -1.87. The smallest absolute Gasteiger partial charge is 0.310 e. The summed E-state index contributed by atoms with van der Waals surface area (Å²) in [6.45, 7) is 1.14. The normalized spacial score (nSPS) is 17.9. The van der Waals surface area contributed by atoms with E-state index in [9.17, 15) is 14.3 Å². The predicted molar refractivity (Wildman–Crippen MR) is 66.6 cm³/mol. The summed E-state index contributed by atoms with van der Waals surface area (Å²) in [5, 5.41) is 9.26. The maximum absolute atomic E-state index is 13.4. The Labute approximate surface area is 111 Å². The van der Waals surface area contributed by atoms with Gasteiger partial charge in [-0.1, -0.05) is 12.1 Å². The van der Waals surface area contributed by atoms with Crippen molar-refractivity contribution in [2.45, 2.75) is 12.8 Å². The van der Waals surface area contributed by atoms with E-state index in [0.29, 0.717) is 26.1 Å². The van der Waals surface area contributed by atoms with Crippen molar-refractivity contribution in [3.63, 3.8) is 0 Å². The summed E-state index contributed by atoms with van der Waals surface area (Å²) in [5.41, 5.74) is 0. The Morgan fingerprint density at radius 3 is 2.74 bits per heavy atom. The molecule has 19 heavy (non-hydrogen) atoms. The van der Waals surface area contributed by atoms with Crippen molar-refractivity contribution in [1.29, 1.82) is 0 Å². The maximum atomic E-state index is 13.4. The standard InChI is InChI=1S/C14H17FO4/c15-12-3-1-2-4-13(12)19-9-11(14(16)17)10-5-7-18-8-6-10/h1-4,10-11H,5-9H2,(H,16,17). The van der Waals surface area contributed by atoms with Gasteiger partial charge in [0.2, 0.25) is 0 Å². The summed E-state index contributed by atoms with van der Waals surface area (Å²) in [7, 11) is 0. The van der Waals surface area contributed by atoms with E-state index in [2.05, 4.69) is 0 Å². The fraction of sp³-hybridized carbons (Fsp3) is 0.500. The van der Waals surface area contributed by atoms with Crippen molar-refractivity contribution in [1.82, 2.24) is 0 Å². The molecule has 1 N–H and O–H groups in total. The summed E-state index contributed by atoms with van der Waals surface area (Å²) < 4.78 is 23.9. The first-order valence-electron chi connectivity index (χ1n) is 6.36. The predicted octanol–water partition coefficient (Wildman–Crippen LogP) is 2.33. The van der Waals surface area contributed by atoms with E-state index in [1.54, 1.807) is 12.1 Å². The lowest BCUT2D eigenvalue weighted by molar-refractivity contribution is -0.146. The van der Waals surface area contributed by atoms with Crippen molar-refractivity contribution in [3.8, 4) is 5.75 Å². The van der Waals surface area contributed by atoms with Gasteiger partial charge in [-0.15, -0.1) is 0 Å². The monoisotopic (exact) mass is 268 g/mol. The van der Waals surface area contributed by atoms with Crippen molar-refractivity contribution in [3.05, 3.63) is 30.1 Å². The van der Waals surface area contributed by atoms with Gasteiger partial charge in [-0.05, 0) is 30.9 Å². The number of rotatable bonds is 5. The fourth-order valence-electron chi connectivity index (χ4n) is 2.27. The second kappa shape index (κ2) is 6.52. The van der Waals surface area contributed by atoms with Gasteiger partial charge >= 0.3 is 5.97 Å². The van der Waals surface area contributed by atoms with Crippen molar-refractivity contribution < 1.29 is 23.8 Å². The Balaban J connectivity index is 1.97. The van der Waals surface area contributed by atoms with E-state index in [-0.39, 0.29) is 18.3 Å². The molecule has 1 aliphatic heterocycles. The molecule has 1 fully saturated rings. The number of halogens is 1. The van der Waals surface area contributed by atoms with Gasteiger partial charge in [0.15, 0.2) is 11.6 Å². The van der Waals surface area contributed by atoms with Crippen LogP contribution in [-0.2, 0) is 9.53 Å². The van der Waals surface area contributed by atoms with Gasteiger partial charge in [0, 0.05) is 13.2 Å². The lowest BCUT2D eigenvalue weighted by atomic mass is 9.86. The molecule has 2 rings (SSSR count). The van der Waals surface area contributed by atoms with Gasteiger partial charge in [0.25, 0.3) is 0 Å². The van der Waals surface area contributed by atoms with Crippen LogP contribution in [0, 0.1) is 17.7 Å². The molecule has 1 unspecified atom stereocenters. The molecule has 1 saturated heterocycles. The molecule has 1 aliphatic rings. The minimum atomic E-state index is -0.900. The minimum Gasteiger partial charge on any atom is -0.490 e. The second-order valence-corrected chi connectivity index (χ2v) is 4.64. The van der Waals surface area contributed by atoms with Crippen LogP contribution in [-0.4, -0.2) is 30.9 Å². The van der Waals surface area contributed by atoms with Gasteiger partial charge in [-0.2, -0.15) is 0 Å². The molecule has 0 amide bonds. The summed E-state index contributed by atoms with van der Waals surface area (Å²) >= 11 is 0. The maximum Gasteiger partial charge on any atom is 0.310 e. The third-order valence-electron chi connectivity index (χ3n) is 3.41. The molecule has 4 nitrogen and oxygen atoms in total. The molecule has 1 atom stereocenters. The van der Waals surface area contributed by atoms with Crippen molar-refractivity contribution in [2.24, 2.45) is 11.8 Å². The van der Waals surface area contributed by atoms with Crippen molar-refractivity contribution >= 4 is 5.97 Å². The van der Waals surface area contributed by atoms with E-state index >= 15 is 0 Å². The number of hydrogen-bond acceptors (Lipinski definition) is 3. The van der Waals surface area contributed by atoms with Crippen LogP contribution >= 0.6 is 0 Å². The first kappa shape index (κ1) is 13.8. The number of ether oxygens (including phenoxy) is 2. The lowest BCUT2D eigenvalue weighted by Crippen LogP contribution is -2.33. The highest BCUT2D eigenvalue weighted by Crippen LogP contribution is 2.26. The highest BCUT2D eigenvalue weighted by atomic mass is 19.1. The summed E-state index contributed by atoms with van der Waals surface area (Å²) in [6.07, 6.45) is 1.41. The zero-order valence-corrected chi connectivity index (χ0v) is 10.5. The zero-order valence-electron chi connectivity index (χ0n) is 10.5. The average Bonchev–Trinajstić information content (AvgIpc) is 2.42. The molecule has 0 saturated carbocycles. The molecule has 0 aliphatic carbocycles. The van der Waals surface area contributed by atoms with Gasteiger partial charge in [0.05, 0.1) is 5.92 Å². The van der Waals surface area contributed by atoms with Crippen LogP contribution in [0.1, 0.15) is 12.8 Å². The minimum absolute atomic E-state index is 0.0130. The molecule has 0 radical (unpaired) electrons. The number of aliphatic carboxylic acids is 1. The number of hydrogen-bond donors (Lipinski definition) is 1. The Morgan fingerprint density at radius 1 is 1.42 bits per heavy atom. The lowest BCUT2D eigenvalue weighted by Gasteiger charge is -2.27. The Hall–Kier alpha value is -1.62. The van der Waals surface area contributed by atoms with E-state index in [4.69, 9.17) is 9.47 Å². The van der Waals surface area contributed by atoms with Gasteiger partial charge < -0.3 is 14.6 Å². The van der Waals surface area contributed by atoms with Crippen LogP contribution in [0.15, 0.2) is 24.3 Å². The Bertz CT molecular complexity index is 429. The molecule has 0 aromatic heterocycles. The molecular formula is C14H17FO4. The topological polar surface area (TPSA) is 55.8 Å². The first-order valence-corrected chi connectivity index (χ1v) is 6.36. The van der Waals surface area contributed by atoms with Crippen LogP contribution < -0.4 is 4.74 Å². The average molecular weight is 268 g/mol. The third-order valence-corrected chi connectivity index (χ3v) is 3.41. The zero-order chi connectivity index (χ0) is 13.7. The number of benzene rings is 1. The molecule has 1 aromatic rings. The van der Waals surface area contributed by atoms with E-state index in [0.717, 1.165) is 0 Å². The molecule has 0 bridgehead atoms. The molecule has 5 heteroatoms. The summed E-state index contributed by atoms with van der Waals surface area (Å²) in [4.78, 5) is 11.3. The summed E-state index contributed by atoms with van der Waals surface area (Å²) in [6, 6.07) is 6.01. The van der Waals surface area contributed by atoms with E-state index in [1.807, 2.05) is 0 Å². The van der Waals surface area contributed by atoms with Crippen LogP contribution in [0.5, 0.6) is 5.75 Å².